The molecule has 134 valence electrons. The van der Waals surface area contributed by atoms with E-state index < -0.39 is 0 Å². The Hall–Kier alpha value is -2.14. The van der Waals surface area contributed by atoms with E-state index in [1.165, 1.54) is 16.8 Å². The van der Waals surface area contributed by atoms with Crippen molar-refractivity contribution >= 4 is 11.6 Å². The molecular weight excluding hydrogens is 312 g/mol. The van der Waals surface area contributed by atoms with Gasteiger partial charge in [0.2, 0.25) is 5.91 Å². The minimum atomic E-state index is 0.246. The Balaban J connectivity index is 1.57. The van der Waals surface area contributed by atoms with Crippen LogP contribution in [0.25, 0.3) is 0 Å². The van der Waals surface area contributed by atoms with Crippen molar-refractivity contribution in [2.45, 2.75) is 59.7 Å². The first-order valence-corrected chi connectivity index (χ1v) is 9.23. The third-order valence-electron chi connectivity index (χ3n) is 5.03. The van der Waals surface area contributed by atoms with Crippen molar-refractivity contribution in [3.05, 3.63) is 46.8 Å². The smallest absolute Gasteiger partial charge is 0.226 e. The van der Waals surface area contributed by atoms with Crippen molar-refractivity contribution in [1.29, 1.82) is 0 Å². The summed E-state index contributed by atoms with van der Waals surface area (Å²) in [5, 5.41) is 8.07. The van der Waals surface area contributed by atoms with Crippen LogP contribution in [-0.2, 0) is 24.4 Å². The zero-order valence-corrected chi connectivity index (χ0v) is 15.5. The van der Waals surface area contributed by atoms with E-state index in [0.717, 1.165) is 50.4 Å². The molecule has 0 radical (unpaired) electrons. The van der Waals surface area contributed by atoms with Crippen LogP contribution in [0.15, 0.2) is 24.3 Å². The topological polar surface area (TPSA) is 50.2 Å². The number of anilines is 1. The highest BCUT2D eigenvalue weighted by Gasteiger charge is 2.19. The van der Waals surface area contributed by atoms with E-state index in [2.05, 4.69) is 60.1 Å². The summed E-state index contributed by atoms with van der Waals surface area (Å²) in [6.45, 7) is 9.70. The molecule has 1 saturated heterocycles. The molecule has 25 heavy (non-hydrogen) atoms. The second-order valence-electron chi connectivity index (χ2n) is 6.74. The highest BCUT2D eigenvalue weighted by atomic mass is 16.2. The third kappa shape index (κ3) is 3.93. The van der Waals surface area contributed by atoms with Gasteiger partial charge in [-0.1, -0.05) is 12.1 Å². The molecule has 1 aliphatic rings. The largest absolute Gasteiger partial charge is 0.312 e. The van der Waals surface area contributed by atoms with Gasteiger partial charge in [0.15, 0.2) is 0 Å². The van der Waals surface area contributed by atoms with Gasteiger partial charge in [-0.3, -0.25) is 9.48 Å². The van der Waals surface area contributed by atoms with Gasteiger partial charge >= 0.3 is 0 Å². The molecule has 3 rings (SSSR count). The number of carbonyl (C=O) groups is 1. The lowest BCUT2D eigenvalue weighted by atomic mass is 10.1. The summed E-state index contributed by atoms with van der Waals surface area (Å²) in [6.07, 6.45) is 2.79. The fraction of sp³-hybridized carbons (Fsp3) is 0.500. The summed E-state index contributed by atoms with van der Waals surface area (Å²) in [6, 6.07) is 8.34. The summed E-state index contributed by atoms with van der Waals surface area (Å²) < 4.78 is 2.05. The van der Waals surface area contributed by atoms with E-state index in [1.807, 2.05) is 4.90 Å². The Kier molecular flexibility index (Phi) is 5.53. The van der Waals surface area contributed by atoms with Crippen molar-refractivity contribution in [3.8, 4) is 0 Å². The second-order valence-corrected chi connectivity index (χ2v) is 6.74. The Morgan fingerprint density at radius 2 is 1.88 bits per heavy atom. The van der Waals surface area contributed by atoms with Crippen molar-refractivity contribution in [2.75, 3.05) is 11.4 Å². The molecule has 0 bridgehead atoms. The summed E-state index contributed by atoms with van der Waals surface area (Å²) in [4.78, 5) is 13.9. The van der Waals surface area contributed by atoms with Gasteiger partial charge in [-0.25, -0.2) is 0 Å². The van der Waals surface area contributed by atoms with Crippen molar-refractivity contribution in [3.63, 3.8) is 0 Å². The van der Waals surface area contributed by atoms with Gasteiger partial charge in [0.25, 0.3) is 0 Å². The SMILES string of the molecule is CCn1nc(C)c(CNCc2ccc(N3CCCCC3=O)cc2)c1C. The van der Waals surface area contributed by atoms with Gasteiger partial charge in [0.1, 0.15) is 0 Å². The first-order valence-electron chi connectivity index (χ1n) is 9.23. The zero-order valence-electron chi connectivity index (χ0n) is 15.5. The van der Waals surface area contributed by atoms with Crippen molar-refractivity contribution in [1.82, 2.24) is 15.1 Å². The zero-order chi connectivity index (χ0) is 17.8. The van der Waals surface area contributed by atoms with E-state index in [-0.39, 0.29) is 5.91 Å². The molecule has 2 heterocycles. The van der Waals surface area contributed by atoms with Crippen molar-refractivity contribution in [2.24, 2.45) is 0 Å². The Labute approximate surface area is 150 Å². The number of rotatable bonds is 6. The number of amides is 1. The predicted molar refractivity (Wildman–Crippen MR) is 101 cm³/mol. The molecule has 1 N–H and O–H groups in total. The fourth-order valence-electron chi connectivity index (χ4n) is 3.50. The summed E-state index contributed by atoms with van der Waals surface area (Å²) in [7, 11) is 0. The van der Waals surface area contributed by atoms with Crippen LogP contribution in [0, 0.1) is 13.8 Å². The van der Waals surface area contributed by atoms with E-state index in [1.54, 1.807) is 0 Å². The monoisotopic (exact) mass is 340 g/mol. The Bertz CT molecular complexity index is 733. The lowest BCUT2D eigenvalue weighted by Gasteiger charge is -2.26. The third-order valence-corrected chi connectivity index (χ3v) is 5.03. The number of nitrogens with one attached hydrogen (secondary N) is 1. The molecule has 1 amide bonds. The molecule has 0 atom stereocenters. The van der Waals surface area contributed by atoms with Crippen LogP contribution in [0.3, 0.4) is 0 Å². The van der Waals surface area contributed by atoms with Gasteiger partial charge in [-0.05, 0) is 51.3 Å². The van der Waals surface area contributed by atoms with Gasteiger partial charge in [-0.15, -0.1) is 0 Å². The maximum absolute atomic E-state index is 12.0. The van der Waals surface area contributed by atoms with E-state index in [9.17, 15) is 4.79 Å². The molecule has 0 spiro atoms. The average molecular weight is 340 g/mol. The summed E-state index contributed by atoms with van der Waals surface area (Å²) in [5.41, 5.74) is 5.88. The fourth-order valence-corrected chi connectivity index (χ4v) is 3.50. The van der Waals surface area contributed by atoms with Crippen LogP contribution < -0.4 is 10.2 Å². The molecule has 0 saturated carbocycles. The van der Waals surface area contributed by atoms with Gasteiger partial charge in [-0.2, -0.15) is 5.10 Å². The first-order chi connectivity index (χ1) is 12.1. The molecule has 0 unspecified atom stereocenters. The summed E-state index contributed by atoms with van der Waals surface area (Å²) >= 11 is 0. The molecule has 5 heteroatoms. The number of aryl methyl sites for hydroxylation is 2. The number of hydrogen-bond acceptors (Lipinski definition) is 3. The maximum Gasteiger partial charge on any atom is 0.226 e. The lowest BCUT2D eigenvalue weighted by Crippen LogP contribution is -2.35. The highest BCUT2D eigenvalue weighted by Crippen LogP contribution is 2.21. The van der Waals surface area contributed by atoms with Crippen molar-refractivity contribution < 1.29 is 4.79 Å². The number of benzene rings is 1. The first kappa shape index (κ1) is 17.7. The predicted octanol–water partition coefficient (Wildman–Crippen LogP) is 3.33. The average Bonchev–Trinajstić information content (AvgIpc) is 2.90. The molecule has 1 fully saturated rings. The van der Waals surface area contributed by atoms with Gasteiger partial charge < -0.3 is 10.2 Å². The molecule has 1 aliphatic heterocycles. The van der Waals surface area contributed by atoms with Crippen LogP contribution in [0.4, 0.5) is 5.69 Å². The molecule has 5 nitrogen and oxygen atoms in total. The Morgan fingerprint density at radius 3 is 2.52 bits per heavy atom. The molecule has 1 aromatic heterocycles. The second kappa shape index (κ2) is 7.83. The summed E-state index contributed by atoms with van der Waals surface area (Å²) in [5.74, 6) is 0.246. The minimum absolute atomic E-state index is 0.246. The van der Waals surface area contributed by atoms with Gasteiger partial charge in [0, 0.05) is 49.5 Å². The van der Waals surface area contributed by atoms with Crippen LogP contribution in [0.5, 0.6) is 0 Å². The normalized spacial score (nSPS) is 15.0. The van der Waals surface area contributed by atoms with Crippen LogP contribution in [0.1, 0.15) is 48.7 Å². The van der Waals surface area contributed by atoms with E-state index in [4.69, 9.17) is 0 Å². The van der Waals surface area contributed by atoms with Crippen LogP contribution >= 0.6 is 0 Å². The van der Waals surface area contributed by atoms with Crippen LogP contribution in [0.2, 0.25) is 0 Å². The maximum atomic E-state index is 12.0. The highest BCUT2D eigenvalue weighted by molar-refractivity contribution is 5.93. The number of hydrogen-bond donors (Lipinski definition) is 1. The molecule has 2 aromatic rings. The lowest BCUT2D eigenvalue weighted by molar-refractivity contribution is -0.119. The minimum Gasteiger partial charge on any atom is -0.312 e. The standard InChI is InChI=1S/C20H28N4O/c1-4-24-16(3)19(15(2)22-24)14-21-13-17-8-10-18(11-9-17)23-12-6-5-7-20(23)25/h8-11,21H,4-7,12-14H2,1-3H3. The Morgan fingerprint density at radius 1 is 1.12 bits per heavy atom. The molecule has 0 aliphatic carbocycles. The van der Waals surface area contributed by atoms with Crippen LogP contribution in [-0.4, -0.2) is 22.2 Å². The quantitative estimate of drug-likeness (QED) is 0.877. The van der Waals surface area contributed by atoms with E-state index in [0.29, 0.717) is 6.42 Å². The van der Waals surface area contributed by atoms with Gasteiger partial charge in [0.05, 0.1) is 5.69 Å². The number of nitrogens with zero attached hydrogens (tertiary/aromatic N) is 3. The molecular formula is C20H28N4O. The number of carbonyl (C=O) groups excluding carboxylic acids is 1. The number of aromatic nitrogens is 2. The van der Waals surface area contributed by atoms with E-state index >= 15 is 0 Å². The number of piperidine rings is 1. The molecule has 1 aromatic carbocycles.